The van der Waals surface area contributed by atoms with Gasteiger partial charge in [0.1, 0.15) is 11.6 Å². The monoisotopic (exact) mass is 266 g/mol. The Kier molecular flexibility index (Phi) is 6.33. The number of hydrogen-bond acceptors (Lipinski definition) is 1. The molecule has 2 heteroatoms. The van der Waals surface area contributed by atoms with E-state index in [9.17, 15) is 9.50 Å². The summed E-state index contributed by atoms with van der Waals surface area (Å²) >= 11 is 0. The van der Waals surface area contributed by atoms with Crippen molar-refractivity contribution in [2.45, 2.75) is 72.1 Å². The fourth-order valence-electron chi connectivity index (χ4n) is 2.71. The van der Waals surface area contributed by atoms with Crippen LogP contribution in [0.25, 0.3) is 0 Å². The Hall–Kier alpha value is -1.05. The largest absolute Gasteiger partial charge is 0.508 e. The SMILES string of the molecule is CC.CCC(C)c1c(O)cc2c(c1F)CCCCC2. The summed E-state index contributed by atoms with van der Waals surface area (Å²) < 4.78 is 14.5. The van der Waals surface area contributed by atoms with Crippen molar-refractivity contribution in [1.29, 1.82) is 0 Å². The van der Waals surface area contributed by atoms with Crippen molar-refractivity contribution >= 4 is 0 Å². The highest BCUT2D eigenvalue weighted by Crippen LogP contribution is 2.36. The van der Waals surface area contributed by atoms with Gasteiger partial charge in [-0.1, -0.05) is 34.1 Å². The molecule has 0 radical (unpaired) electrons. The standard InChI is InChI=1S/C15H21FO.C2H6/c1-3-10(2)14-13(17)9-11-7-5-4-6-8-12(11)15(14)16;1-2/h9-10,17H,3-8H2,1-2H3;1-2H3. The number of phenols is 1. The molecule has 1 unspecified atom stereocenters. The highest BCUT2D eigenvalue weighted by molar-refractivity contribution is 5.45. The van der Waals surface area contributed by atoms with Crippen molar-refractivity contribution < 1.29 is 9.50 Å². The molecule has 1 nitrogen and oxygen atoms in total. The molecular formula is C17H27FO. The second-order valence-corrected chi connectivity index (χ2v) is 5.13. The van der Waals surface area contributed by atoms with Gasteiger partial charge in [0.15, 0.2) is 0 Å². The van der Waals surface area contributed by atoms with Gasteiger partial charge in [0.2, 0.25) is 0 Å². The maximum absolute atomic E-state index is 14.5. The summed E-state index contributed by atoms with van der Waals surface area (Å²) in [5, 5.41) is 10.0. The van der Waals surface area contributed by atoms with E-state index in [0.717, 1.165) is 49.7 Å². The summed E-state index contributed by atoms with van der Waals surface area (Å²) in [6.07, 6.45) is 5.91. The maximum Gasteiger partial charge on any atom is 0.133 e. The second kappa shape index (κ2) is 7.52. The van der Waals surface area contributed by atoms with Crippen molar-refractivity contribution in [3.8, 4) is 5.75 Å². The lowest BCUT2D eigenvalue weighted by molar-refractivity contribution is 0.446. The number of fused-ring (bicyclic) bond motifs is 1. The molecule has 0 heterocycles. The number of phenolic OH excluding ortho intramolecular Hbond substituents is 1. The molecule has 0 saturated carbocycles. The van der Waals surface area contributed by atoms with Gasteiger partial charge in [-0.25, -0.2) is 4.39 Å². The van der Waals surface area contributed by atoms with Gasteiger partial charge in [0.25, 0.3) is 0 Å². The molecule has 108 valence electrons. The van der Waals surface area contributed by atoms with Crippen molar-refractivity contribution in [2.24, 2.45) is 0 Å². The van der Waals surface area contributed by atoms with Crippen LogP contribution in [0.4, 0.5) is 4.39 Å². The molecule has 1 aliphatic carbocycles. The third-order valence-corrected chi connectivity index (χ3v) is 3.95. The van der Waals surface area contributed by atoms with Crippen LogP contribution in [0.5, 0.6) is 5.75 Å². The van der Waals surface area contributed by atoms with Crippen LogP contribution >= 0.6 is 0 Å². The summed E-state index contributed by atoms with van der Waals surface area (Å²) in [7, 11) is 0. The minimum atomic E-state index is -0.142. The zero-order valence-electron chi connectivity index (χ0n) is 12.7. The summed E-state index contributed by atoms with van der Waals surface area (Å²) in [4.78, 5) is 0. The van der Waals surface area contributed by atoms with Crippen molar-refractivity contribution in [3.63, 3.8) is 0 Å². The third-order valence-electron chi connectivity index (χ3n) is 3.95. The number of rotatable bonds is 2. The van der Waals surface area contributed by atoms with Crippen LogP contribution in [-0.4, -0.2) is 5.11 Å². The van der Waals surface area contributed by atoms with Crippen LogP contribution in [0.15, 0.2) is 6.07 Å². The predicted octanol–water partition coefficient (Wildman–Crippen LogP) is 5.34. The molecule has 1 aromatic carbocycles. The Morgan fingerprint density at radius 1 is 1.21 bits per heavy atom. The lowest BCUT2D eigenvalue weighted by Crippen LogP contribution is -2.04. The molecular weight excluding hydrogens is 239 g/mol. The van der Waals surface area contributed by atoms with Gasteiger partial charge in [-0.15, -0.1) is 0 Å². The zero-order valence-corrected chi connectivity index (χ0v) is 12.7. The quantitative estimate of drug-likeness (QED) is 0.716. The van der Waals surface area contributed by atoms with Gasteiger partial charge in [-0.05, 0) is 55.2 Å². The van der Waals surface area contributed by atoms with E-state index < -0.39 is 0 Å². The molecule has 1 atom stereocenters. The van der Waals surface area contributed by atoms with Crippen molar-refractivity contribution in [1.82, 2.24) is 0 Å². The summed E-state index contributed by atoms with van der Waals surface area (Å²) in [6.45, 7) is 8.00. The molecule has 0 amide bonds. The summed E-state index contributed by atoms with van der Waals surface area (Å²) in [6, 6.07) is 1.80. The minimum absolute atomic E-state index is 0.0866. The Labute approximate surface area is 116 Å². The van der Waals surface area contributed by atoms with E-state index in [0.29, 0.717) is 5.56 Å². The van der Waals surface area contributed by atoms with Gasteiger partial charge in [-0.2, -0.15) is 0 Å². The first-order valence-corrected chi connectivity index (χ1v) is 7.68. The number of hydrogen-bond donors (Lipinski definition) is 1. The predicted molar refractivity (Wildman–Crippen MR) is 79.4 cm³/mol. The molecule has 0 fully saturated rings. The number of benzene rings is 1. The molecule has 0 saturated heterocycles. The molecule has 2 rings (SSSR count). The van der Waals surface area contributed by atoms with Crippen LogP contribution in [0.3, 0.4) is 0 Å². The molecule has 0 aromatic heterocycles. The van der Waals surface area contributed by atoms with Gasteiger partial charge in [0, 0.05) is 5.56 Å². The van der Waals surface area contributed by atoms with E-state index in [2.05, 4.69) is 0 Å². The highest BCUT2D eigenvalue weighted by atomic mass is 19.1. The van der Waals surface area contributed by atoms with Crippen LogP contribution in [0.2, 0.25) is 0 Å². The fourth-order valence-corrected chi connectivity index (χ4v) is 2.71. The van der Waals surface area contributed by atoms with E-state index in [1.165, 1.54) is 0 Å². The topological polar surface area (TPSA) is 20.2 Å². The smallest absolute Gasteiger partial charge is 0.133 e. The van der Waals surface area contributed by atoms with Gasteiger partial charge < -0.3 is 5.11 Å². The van der Waals surface area contributed by atoms with E-state index >= 15 is 0 Å². The van der Waals surface area contributed by atoms with Crippen LogP contribution < -0.4 is 0 Å². The highest BCUT2D eigenvalue weighted by Gasteiger charge is 2.22. The lowest BCUT2D eigenvalue weighted by Gasteiger charge is -2.17. The molecule has 1 aliphatic rings. The second-order valence-electron chi connectivity index (χ2n) is 5.13. The number of halogens is 1. The normalized spacial score (nSPS) is 15.8. The average molecular weight is 266 g/mol. The first kappa shape index (κ1) is 16.0. The van der Waals surface area contributed by atoms with Crippen LogP contribution in [0, 0.1) is 5.82 Å². The summed E-state index contributed by atoms with van der Waals surface area (Å²) in [5.74, 6) is 0.0947. The molecule has 0 spiro atoms. The Morgan fingerprint density at radius 3 is 2.47 bits per heavy atom. The van der Waals surface area contributed by atoms with Gasteiger partial charge in [0.05, 0.1) is 0 Å². The maximum atomic E-state index is 14.5. The number of aromatic hydroxyl groups is 1. The molecule has 1 N–H and O–H groups in total. The minimum Gasteiger partial charge on any atom is -0.508 e. The molecule has 0 aliphatic heterocycles. The lowest BCUT2D eigenvalue weighted by atomic mass is 9.91. The summed E-state index contributed by atoms with van der Waals surface area (Å²) in [5.41, 5.74) is 2.40. The van der Waals surface area contributed by atoms with Crippen LogP contribution in [-0.2, 0) is 12.8 Å². The van der Waals surface area contributed by atoms with Gasteiger partial charge in [-0.3, -0.25) is 0 Å². The molecule has 0 bridgehead atoms. The van der Waals surface area contributed by atoms with E-state index in [4.69, 9.17) is 0 Å². The van der Waals surface area contributed by atoms with E-state index in [1.54, 1.807) is 6.07 Å². The Morgan fingerprint density at radius 2 is 1.84 bits per heavy atom. The third kappa shape index (κ3) is 3.49. The van der Waals surface area contributed by atoms with E-state index in [1.807, 2.05) is 27.7 Å². The van der Waals surface area contributed by atoms with Crippen LogP contribution in [0.1, 0.15) is 76.0 Å². The first-order valence-electron chi connectivity index (χ1n) is 7.68. The van der Waals surface area contributed by atoms with E-state index in [-0.39, 0.29) is 17.5 Å². The molecule has 1 aromatic rings. The Bertz CT molecular complexity index is 412. The Balaban J connectivity index is 0.000000861. The first-order chi connectivity index (χ1) is 9.15. The fraction of sp³-hybridized carbons (Fsp3) is 0.647. The number of aryl methyl sites for hydroxylation is 1. The molecule has 19 heavy (non-hydrogen) atoms. The van der Waals surface area contributed by atoms with Crippen molar-refractivity contribution in [2.75, 3.05) is 0 Å². The van der Waals surface area contributed by atoms with Gasteiger partial charge >= 0.3 is 0 Å². The average Bonchev–Trinajstić information content (AvgIpc) is 2.66. The van der Waals surface area contributed by atoms with Crippen molar-refractivity contribution in [3.05, 3.63) is 28.6 Å². The zero-order chi connectivity index (χ0) is 14.4.